The van der Waals surface area contributed by atoms with Gasteiger partial charge < -0.3 is 14.0 Å². The molecule has 0 spiro atoms. The minimum Gasteiger partial charge on any atom is -0.355 e. The molecule has 108 valence electrons. The van der Waals surface area contributed by atoms with Gasteiger partial charge in [0, 0.05) is 66.4 Å². The van der Waals surface area contributed by atoms with Gasteiger partial charge in [0.2, 0.25) is 0 Å². The Labute approximate surface area is 114 Å². The number of nitrogens with zero attached hydrogens (tertiary/aromatic N) is 4. The molecule has 0 unspecified atom stereocenters. The van der Waals surface area contributed by atoms with Gasteiger partial charge in [-0.25, -0.2) is 4.98 Å². The molecule has 0 amide bonds. The van der Waals surface area contributed by atoms with Crippen LogP contribution in [0.5, 0.6) is 0 Å². The lowest BCUT2D eigenvalue weighted by atomic mass is 10.3. The van der Waals surface area contributed by atoms with Gasteiger partial charge in [-0.15, -0.1) is 0 Å². The standard InChI is InChI=1S/C13H24N4O2/c1-15-5-4-14-12(15)10-16-6-8-17(9-7-16)11-13(18-2)19-3/h4-5,13H,6-11H2,1-3H3. The van der Waals surface area contributed by atoms with Gasteiger partial charge in [-0.05, 0) is 0 Å². The molecule has 1 fully saturated rings. The van der Waals surface area contributed by atoms with E-state index in [1.54, 1.807) is 14.2 Å². The lowest BCUT2D eigenvalue weighted by Gasteiger charge is -2.35. The molecule has 19 heavy (non-hydrogen) atoms. The van der Waals surface area contributed by atoms with E-state index < -0.39 is 0 Å². The third-order valence-electron chi connectivity index (χ3n) is 3.68. The van der Waals surface area contributed by atoms with Crippen molar-refractivity contribution >= 4 is 0 Å². The molecule has 1 aromatic heterocycles. The zero-order valence-electron chi connectivity index (χ0n) is 12.1. The number of aryl methyl sites for hydroxylation is 1. The Morgan fingerprint density at radius 1 is 1.16 bits per heavy atom. The summed E-state index contributed by atoms with van der Waals surface area (Å²) in [6, 6.07) is 0. The minimum atomic E-state index is -0.124. The zero-order valence-corrected chi connectivity index (χ0v) is 12.1. The molecular formula is C13H24N4O2. The summed E-state index contributed by atoms with van der Waals surface area (Å²) >= 11 is 0. The second kappa shape index (κ2) is 7.00. The summed E-state index contributed by atoms with van der Waals surface area (Å²) in [6.07, 6.45) is 3.72. The van der Waals surface area contributed by atoms with Crippen LogP contribution in [0.3, 0.4) is 0 Å². The number of hydrogen-bond donors (Lipinski definition) is 0. The molecule has 6 nitrogen and oxygen atoms in total. The van der Waals surface area contributed by atoms with Gasteiger partial charge in [0.05, 0.1) is 6.54 Å². The minimum absolute atomic E-state index is 0.124. The first-order valence-electron chi connectivity index (χ1n) is 6.69. The Morgan fingerprint density at radius 3 is 2.32 bits per heavy atom. The molecule has 2 heterocycles. The third-order valence-corrected chi connectivity index (χ3v) is 3.68. The molecule has 0 radical (unpaired) electrons. The largest absolute Gasteiger partial charge is 0.355 e. The van der Waals surface area contributed by atoms with Gasteiger partial charge in [-0.1, -0.05) is 0 Å². The van der Waals surface area contributed by atoms with E-state index in [9.17, 15) is 0 Å². The first-order valence-corrected chi connectivity index (χ1v) is 6.69. The molecule has 0 N–H and O–H groups in total. The molecule has 0 atom stereocenters. The highest BCUT2D eigenvalue weighted by molar-refractivity contribution is 4.91. The predicted octanol–water partition coefficient (Wildman–Crippen LogP) is 0.157. The Bertz CT molecular complexity index is 370. The molecule has 0 aromatic carbocycles. The first-order chi connectivity index (χ1) is 9.22. The average molecular weight is 268 g/mol. The number of rotatable bonds is 6. The fourth-order valence-corrected chi connectivity index (χ4v) is 2.33. The number of hydrogen-bond acceptors (Lipinski definition) is 5. The number of ether oxygens (including phenoxy) is 2. The zero-order chi connectivity index (χ0) is 13.7. The summed E-state index contributed by atoms with van der Waals surface area (Å²) < 4.78 is 12.6. The van der Waals surface area contributed by atoms with Gasteiger partial charge in [0.25, 0.3) is 0 Å². The Morgan fingerprint density at radius 2 is 1.79 bits per heavy atom. The Hall–Kier alpha value is -0.950. The normalized spacial score (nSPS) is 18.3. The van der Waals surface area contributed by atoms with Crippen molar-refractivity contribution in [3.05, 3.63) is 18.2 Å². The van der Waals surface area contributed by atoms with Crippen molar-refractivity contribution in [1.82, 2.24) is 19.4 Å². The lowest BCUT2D eigenvalue weighted by Crippen LogP contribution is -2.48. The summed E-state index contributed by atoms with van der Waals surface area (Å²) in [7, 11) is 5.41. The second-order valence-electron chi connectivity index (χ2n) is 4.93. The molecule has 2 rings (SSSR count). The molecule has 0 aliphatic carbocycles. The third kappa shape index (κ3) is 4.01. The van der Waals surface area contributed by atoms with E-state index in [4.69, 9.17) is 9.47 Å². The highest BCUT2D eigenvalue weighted by Gasteiger charge is 2.20. The summed E-state index contributed by atoms with van der Waals surface area (Å²) in [5, 5.41) is 0. The van der Waals surface area contributed by atoms with Crippen LogP contribution in [-0.4, -0.2) is 72.6 Å². The van der Waals surface area contributed by atoms with E-state index >= 15 is 0 Å². The average Bonchev–Trinajstić information content (AvgIpc) is 2.83. The summed E-state index contributed by atoms with van der Waals surface area (Å²) in [6.45, 7) is 5.99. The molecule has 0 saturated carbocycles. The maximum Gasteiger partial charge on any atom is 0.169 e. The highest BCUT2D eigenvalue weighted by Crippen LogP contribution is 2.08. The fraction of sp³-hybridized carbons (Fsp3) is 0.769. The lowest BCUT2D eigenvalue weighted by molar-refractivity contribution is -0.119. The van der Waals surface area contributed by atoms with Crippen LogP contribution in [0, 0.1) is 0 Å². The van der Waals surface area contributed by atoms with Crippen LogP contribution in [-0.2, 0) is 23.1 Å². The van der Waals surface area contributed by atoms with Crippen LogP contribution in [0.1, 0.15) is 5.82 Å². The smallest absolute Gasteiger partial charge is 0.169 e. The van der Waals surface area contributed by atoms with Crippen LogP contribution in [0.2, 0.25) is 0 Å². The van der Waals surface area contributed by atoms with Crippen LogP contribution < -0.4 is 0 Å². The molecule has 1 aliphatic rings. The van der Waals surface area contributed by atoms with E-state index in [1.165, 1.54) is 0 Å². The number of methoxy groups -OCH3 is 2. The quantitative estimate of drug-likeness (QED) is 0.687. The van der Waals surface area contributed by atoms with Gasteiger partial charge in [0.1, 0.15) is 5.82 Å². The van der Waals surface area contributed by atoms with Crippen molar-refractivity contribution in [3.63, 3.8) is 0 Å². The monoisotopic (exact) mass is 268 g/mol. The van der Waals surface area contributed by atoms with Crippen molar-refractivity contribution in [2.75, 3.05) is 46.9 Å². The SMILES string of the molecule is COC(CN1CCN(Cc2nccn2C)CC1)OC. The van der Waals surface area contributed by atoms with Crippen LogP contribution in [0.25, 0.3) is 0 Å². The molecule has 1 aromatic rings. The van der Waals surface area contributed by atoms with Crippen molar-refractivity contribution in [3.8, 4) is 0 Å². The predicted molar refractivity (Wildman–Crippen MR) is 72.7 cm³/mol. The first kappa shape index (κ1) is 14.5. The fourth-order valence-electron chi connectivity index (χ4n) is 2.33. The van der Waals surface area contributed by atoms with E-state index in [1.807, 2.05) is 19.4 Å². The van der Waals surface area contributed by atoms with Crippen molar-refractivity contribution < 1.29 is 9.47 Å². The summed E-state index contributed by atoms with van der Waals surface area (Å²) in [4.78, 5) is 9.19. The number of imidazole rings is 1. The highest BCUT2D eigenvalue weighted by atomic mass is 16.7. The second-order valence-corrected chi connectivity index (χ2v) is 4.93. The molecule has 6 heteroatoms. The topological polar surface area (TPSA) is 42.8 Å². The summed E-state index contributed by atoms with van der Waals surface area (Å²) in [5.41, 5.74) is 0. The van der Waals surface area contributed by atoms with Gasteiger partial charge in [-0.3, -0.25) is 9.80 Å². The molecule has 1 aliphatic heterocycles. The van der Waals surface area contributed by atoms with E-state index in [-0.39, 0.29) is 6.29 Å². The van der Waals surface area contributed by atoms with Crippen LogP contribution >= 0.6 is 0 Å². The molecule has 0 bridgehead atoms. The Balaban J connectivity index is 1.75. The summed E-state index contributed by atoms with van der Waals surface area (Å²) in [5.74, 6) is 1.13. The number of aromatic nitrogens is 2. The van der Waals surface area contributed by atoms with E-state index in [0.29, 0.717) is 0 Å². The van der Waals surface area contributed by atoms with Crippen molar-refractivity contribution in [1.29, 1.82) is 0 Å². The molecule has 1 saturated heterocycles. The van der Waals surface area contributed by atoms with Crippen molar-refractivity contribution in [2.24, 2.45) is 7.05 Å². The van der Waals surface area contributed by atoms with E-state index in [0.717, 1.165) is 45.1 Å². The van der Waals surface area contributed by atoms with Gasteiger partial charge in [-0.2, -0.15) is 0 Å². The van der Waals surface area contributed by atoms with Gasteiger partial charge in [0.15, 0.2) is 6.29 Å². The van der Waals surface area contributed by atoms with Gasteiger partial charge >= 0.3 is 0 Å². The maximum absolute atomic E-state index is 5.24. The molecular weight excluding hydrogens is 244 g/mol. The van der Waals surface area contributed by atoms with Crippen LogP contribution in [0.4, 0.5) is 0 Å². The Kier molecular flexibility index (Phi) is 5.33. The van der Waals surface area contributed by atoms with Crippen LogP contribution in [0.15, 0.2) is 12.4 Å². The van der Waals surface area contributed by atoms with Crippen molar-refractivity contribution in [2.45, 2.75) is 12.8 Å². The van der Waals surface area contributed by atoms with E-state index in [2.05, 4.69) is 19.4 Å². The number of piperazine rings is 1. The maximum atomic E-state index is 5.24.